The molecule has 1 aromatic heterocycles. The minimum Gasteiger partial charge on any atom is -0.329 e. The van der Waals surface area contributed by atoms with E-state index in [2.05, 4.69) is 32.9 Å². The summed E-state index contributed by atoms with van der Waals surface area (Å²) in [6.07, 6.45) is 0. The highest BCUT2D eigenvalue weighted by Gasteiger charge is 2.17. The van der Waals surface area contributed by atoms with Gasteiger partial charge in [-0.2, -0.15) is 0 Å². The molecule has 2 N–H and O–H groups in total. The van der Waals surface area contributed by atoms with E-state index in [-0.39, 0.29) is 6.04 Å². The van der Waals surface area contributed by atoms with Crippen LogP contribution in [0, 0.1) is 6.92 Å². The van der Waals surface area contributed by atoms with Gasteiger partial charge in [-0.1, -0.05) is 23.7 Å². The van der Waals surface area contributed by atoms with Crippen LogP contribution in [0.3, 0.4) is 0 Å². The second kappa shape index (κ2) is 7.36. The maximum Gasteiger partial charge on any atom is 0.0551 e. The van der Waals surface area contributed by atoms with Crippen molar-refractivity contribution in [3.63, 3.8) is 0 Å². The number of halogens is 2. The normalized spacial score (nSPS) is 12.7. The van der Waals surface area contributed by atoms with Crippen LogP contribution in [0.5, 0.6) is 0 Å². The first-order valence-corrected chi connectivity index (χ1v) is 7.96. The van der Waals surface area contributed by atoms with Gasteiger partial charge in [0.05, 0.1) is 10.7 Å². The molecule has 1 aromatic carbocycles. The predicted molar refractivity (Wildman–Crippen MR) is 91.4 cm³/mol. The lowest BCUT2D eigenvalue weighted by Gasteiger charge is -2.27. The third-order valence-corrected chi connectivity index (χ3v) is 4.67. The molecule has 0 saturated carbocycles. The van der Waals surface area contributed by atoms with E-state index in [1.165, 1.54) is 0 Å². The second-order valence-electron chi connectivity index (χ2n) is 5.11. The molecule has 2 aromatic rings. The Hall–Kier alpha value is -0.940. The number of likely N-dealkylation sites (N-methyl/N-ethyl adjacent to an activating group) is 1. The fraction of sp³-hybridized carbons (Fsp3) is 0.312. The van der Waals surface area contributed by atoms with E-state index in [1.54, 1.807) is 0 Å². The molecule has 112 valence electrons. The number of aryl methyl sites for hydroxylation is 1. The number of benzene rings is 1. The quantitative estimate of drug-likeness (QED) is 0.869. The van der Waals surface area contributed by atoms with E-state index in [0.717, 1.165) is 28.0 Å². The van der Waals surface area contributed by atoms with Crippen molar-refractivity contribution in [3.8, 4) is 0 Å². The molecule has 1 unspecified atom stereocenters. The van der Waals surface area contributed by atoms with Gasteiger partial charge in [-0.3, -0.25) is 9.88 Å². The summed E-state index contributed by atoms with van der Waals surface area (Å²) < 4.78 is 0.895. The molecule has 1 atom stereocenters. The van der Waals surface area contributed by atoms with Gasteiger partial charge in [-0.25, -0.2) is 0 Å². The summed E-state index contributed by atoms with van der Waals surface area (Å²) in [5.41, 5.74) is 9.14. The van der Waals surface area contributed by atoms with Crippen molar-refractivity contribution in [2.75, 3.05) is 13.6 Å². The standard InChI is InChI=1S/C16H19BrClN3/c1-11-4-3-5-13(20-11)10-21(2)16(9-19)12-6-7-14(17)15(18)8-12/h3-8,16H,9-10,19H2,1-2H3. The van der Waals surface area contributed by atoms with Crippen molar-refractivity contribution in [2.45, 2.75) is 19.5 Å². The van der Waals surface area contributed by atoms with Crippen LogP contribution in [-0.4, -0.2) is 23.5 Å². The van der Waals surface area contributed by atoms with Crippen molar-refractivity contribution in [1.82, 2.24) is 9.88 Å². The molecule has 21 heavy (non-hydrogen) atoms. The monoisotopic (exact) mass is 367 g/mol. The molecular weight excluding hydrogens is 350 g/mol. The maximum absolute atomic E-state index is 6.18. The number of aromatic nitrogens is 1. The summed E-state index contributed by atoms with van der Waals surface area (Å²) in [5, 5.41) is 0.702. The van der Waals surface area contributed by atoms with Gasteiger partial charge in [0.15, 0.2) is 0 Å². The zero-order valence-electron chi connectivity index (χ0n) is 12.2. The Morgan fingerprint density at radius 3 is 2.71 bits per heavy atom. The van der Waals surface area contributed by atoms with Gasteiger partial charge in [0.1, 0.15) is 0 Å². The minimum atomic E-state index is 0.109. The number of pyridine rings is 1. The number of nitrogens with two attached hydrogens (primary N) is 1. The molecule has 0 radical (unpaired) electrons. The Morgan fingerprint density at radius 1 is 1.33 bits per heavy atom. The molecule has 3 nitrogen and oxygen atoms in total. The van der Waals surface area contributed by atoms with E-state index in [0.29, 0.717) is 11.6 Å². The molecule has 2 rings (SSSR count). The Kier molecular flexibility index (Phi) is 5.76. The number of nitrogens with zero attached hydrogens (tertiary/aromatic N) is 2. The predicted octanol–water partition coefficient (Wildman–Crippen LogP) is 3.94. The molecule has 0 bridgehead atoms. The van der Waals surface area contributed by atoms with Gasteiger partial charge in [-0.15, -0.1) is 0 Å². The molecule has 0 amide bonds. The SMILES string of the molecule is Cc1cccc(CN(C)C(CN)c2ccc(Br)c(Cl)c2)n1. The van der Waals surface area contributed by atoms with Crippen molar-refractivity contribution >= 4 is 27.5 Å². The fourth-order valence-corrected chi connectivity index (χ4v) is 2.78. The van der Waals surface area contributed by atoms with Gasteiger partial charge < -0.3 is 5.73 Å². The molecule has 0 spiro atoms. The summed E-state index contributed by atoms with van der Waals surface area (Å²) in [6, 6.07) is 12.1. The number of hydrogen-bond acceptors (Lipinski definition) is 3. The first-order valence-electron chi connectivity index (χ1n) is 6.79. The van der Waals surface area contributed by atoms with Crippen molar-refractivity contribution in [2.24, 2.45) is 5.73 Å². The van der Waals surface area contributed by atoms with E-state index in [1.807, 2.05) is 43.3 Å². The van der Waals surface area contributed by atoms with Crippen LogP contribution in [0.2, 0.25) is 5.02 Å². The third kappa shape index (κ3) is 4.27. The molecule has 0 aliphatic carbocycles. The summed E-state index contributed by atoms with van der Waals surface area (Å²) >= 11 is 9.59. The highest BCUT2D eigenvalue weighted by molar-refractivity contribution is 9.10. The lowest BCUT2D eigenvalue weighted by molar-refractivity contribution is 0.239. The molecule has 1 heterocycles. The Labute approximate surface area is 139 Å². The Morgan fingerprint density at radius 2 is 2.10 bits per heavy atom. The molecular formula is C16H19BrClN3. The van der Waals surface area contributed by atoms with E-state index < -0.39 is 0 Å². The molecule has 5 heteroatoms. The van der Waals surface area contributed by atoms with Crippen LogP contribution >= 0.6 is 27.5 Å². The topological polar surface area (TPSA) is 42.1 Å². The average Bonchev–Trinajstić information content (AvgIpc) is 2.43. The van der Waals surface area contributed by atoms with Gasteiger partial charge in [0.25, 0.3) is 0 Å². The van der Waals surface area contributed by atoms with Crippen molar-refractivity contribution in [1.29, 1.82) is 0 Å². The lowest BCUT2D eigenvalue weighted by atomic mass is 10.1. The number of hydrogen-bond donors (Lipinski definition) is 1. The zero-order chi connectivity index (χ0) is 15.4. The summed E-state index contributed by atoms with van der Waals surface area (Å²) in [6.45, 7) is 3.27. The largest absolute Gasteiger partial charge is 0.329 e. The Balaban J connectivity index is 2.18. The van der Waals surface area contributed by atoms with Gasteiger partial charge >= 0.3 is 0 Å². The van der Waals surface area contributed by atoms with Crippen LogP contribution < -0.4 is 5.73 Å². The number of rotatable bonds is 5. The van der Waals surface area contributed by atoms with Gasteiger partial charge in [-0.05, 0) is 59.7 Å². The summed E-state index contributed by atoms with van der Waals surface area (Å²) in [5.74, 6) is 0. The van der Waals surface area contributed by atoms with Crippen LogP contribution in [-0.2, 0) is 6.54 Å². The highest BCUT2D eigenvalue weighted by atomic mass is 79.9. The lowest BCUT2D eigenvalue weighted by Crippen LogP contribution is -2.30. The first kappa shape index (κ1) is 16.4. The zero-order valence-corrected chi connectivity index (χ0v) is 14.5. The van der Waals surface area contributed by atoms with Crippen LogP contribution in [0.4, 0.5) is 0 Å². The van der Waals surface area contributed by atoms with Gasteiger partial charge in [0.2, 0.25) is 0 Å². The minimum absolute atomic E-state index is 0.109. The first-order chi connectivity index (χ1) is 10.0. The Bertz CT molecular complexity index is 618. The van der Waals surface area contributed by atoms with Crippen molar-refractivity contribution < 1.29 is 0 Å². The average molecular weight is 369 g/mol. The molecule has 0 saturated heterocycles. The summed E-state index contributed by atoms with van der Waals surface area (Å²) in [7, 11) is 2.05. The van der Waals surface area contributed by atoms with Gasteiger partial charge in [0, 0.05) is 29.3 Å². The summed E-state index contributed by atoms with van der Waals surface area (Å²) in [4.78, 5) is 6.73. The molecule has 0 aliphatic rings. The highest BCUT2D eigenvalue weighted by Crippen LogP contribution is 2.28. The van der Waals surface area contributed by atoms with E-state index in [9.17, 15) is 0 Å². The van der Waals surface area contributed by atoms with Crippen molar-refractivity contribution in [3.05, 3.63) is 62.8 Å². The molecule has 0 aliphatic heterocycles. The smallest absolute Gasteiger partial charge is 0.0551 e. The fourth-order valence-electron chi connectivity index (χ4n) is 2.34. The van der Waals surface area contributed by atoms with E-state index >= 15 is 0 Å². The van der Waals surface area contributed by atoms with Crippen LogP contribution in [0.1, 0.15) is 23.0 Å². The van der Waals surface area contributed by atoms with Crippen LogP contribution in [0.25, 0.3) is 0 Å². The molecule has 0 fully saturated rings. The third-order valence-electron chi connectivity index (χ3n) is 3.44. The second-order valence-corrected chi connectivity index (χ2v) is 6.37. The van der Waals surface area contributed by atoms with E-state index in [4.69, 9.17) is 17.3 Å². The van der Waals surface area contributed by atoms with Crippen LogP contribution in [0.15, 0.2) is 40.9 Å². The maximum atomic E-state index is 6.18.